The molecule has 2 heteroatoms. The van der Waals surface area contributed by atoms with Gasteiger partial charge in [-0.1, -0.05) is 115 Å². The van der Waals surface area contributed by atoms with Crippen LogP contribution in [0.4, 0.5) is 0 Å². The van der Waals surface area contributed by atoms with Crippen LogP contribution in [0.15, 0.2) is 150 Å². The zero-order valence-corrected chi connectivity index (χ0v) is 22.3. The van der Waals surface area contributed by atoms with E-state index in [0.29, 0.717) is 5.71 Å². The Labute approximate surface area is 237 Å². The van der Waals surface area contributed by atoms with Crippen LogP contribution in [0.1, 0.15) is 11.1 Å². The van der Waals surface area contributed by atoms with Crippen LogP contribution < -0.4 is 0 Å². The van der Waals surface area contributed by atoms with Gasteiger partial charge in [0.15, 0.2) is 0 Å². The van der Waals surface area contributed by atoms with Crippen molar-refractivity contribution in [2.75, 3.05) is 0 Å². The maximum absolute atomic E-state index is 8.82. The van der Waals surface area contributed by atoms with Gasteiger partial charge in [-0.15, -0.1) is 0 Å². The van der Waals surface area contributed by atoms with Gasteiger partial charge in [0.05, 0.1) is 5.71 Å². The molecule has 7 aromatic carbocycles. The molecule has 192 valence electrons. The van der Waals surface area contributed by atoms with Crippen LogP contribution in [0.3, 0.4) is 0 Å². The van der Waals surface area contributed by atoms with E-state index >= 15 is 0 Å². The van der Waals surface area contributed by atoms with Gasteiger partial charge in [0.25, 0.3) is 0 Å². The first-order valence-corrected chi connectivity index (χ1v) is 13.9. The van der Waals surface area contributed by atoms with Gasteiger partial charge in [-0.2, -0.15) is 0 Å². The Kier molecular flexibility index (Phi) is 5.33. The van der Waals surface area contributed by atoms with E-state index < -0.39 is 0 Å². The van der Waals surface area contributed by atoms with E-state index in [2.05, 4.69) is 91.0 Å². The molecule has 0 saturated carbocycles. The summed E-state index contributed by atoms with van der Waals surface area (Å²) in [5.41, 5.74) is 8.59. The van der Waals surface area contributed by atoms with Gasteiger partial charge in [0.1, 0.15) is 11.2 Å². The highest BCUT2D eigenvalue weighted by Gasteiger charge is 2.16. The van der Waals surface area contributed by atoms with Gasteiger partial charge in [-0.05, 0) is 79.7 Å². The molecule has 0 spiro atoms. The summed E-state index contributed by atoms with van der Waals surface area (Å²) in [6, 6.07) is 50.5. The lowest BCUT2D eigenvalue weighted by Gasteiger charge is -2.11. The fourth-order valence-electron chi connectivity index (χ4n) is 6.14. The molecule has 0 aliphatic carbocycles. The predicted molar refractivity (Wildman–Crippen MR) is 172 cm³/mol. The lowest BCUT2D eigenvalue weighted by molar-refractivity contribution is 0.669. The second-order valence-electron chi connectivity index (χ2n) is 10.5. The molecule has 0 aliphatic rings. The van der Waals surface area contributed by atoms with Crippen LogP contribution in [-0.2, 0) is 0 Å². The third-order valence-corrected chi connectivity index (χ3v) is 8.10. The quantitative estimate of drug-likeness (QED) is 0.181. The van der Waals surface area contributed by atoms with Crippen molar-refractivity contribution in [3.05, 3.63) is 157 Å². The number of furan rings is 1. The molecule has 0 saturated heterocycles. The van der Waals surface area contributed by atoms with Crippen LogP contribution in [-0.4, -0.2) is 5.71 Å². The van der Waals surface area contributed by atoms with Crippen LogP contribution in [0.25, 0.3) is 65.7 Å². The van der Waals surface area contributed by atoms with Crippen molar-refractivity contribution in [1.29, 1.82) is 5.41 Å². The average molecular weight is 524 g/mol. The van der Waals surface area contributed by atoms with Gasteiger partial charge in [0.2, 0.25) is 0 Å². The fraction of sp³-hybridized carbons (Fsp3) is 0. The lowest BCUT2D eigenvalue weighted by Crippen LogP contribution is -2.01. The molecular weight excluding hydrogens is 498 g/mol. The van der Waals surface area contributed by atoms with Crippen molar-refractivity contribution in [2.45, 2.75) is 0 Å². The molecule has 0 atom stereocenters. The van der Waals surface area contributed by atoms with Gasteiger partial charge in [-0.25, -0.2) is 0 Å². The molecular formula is C39H25NO. The van der Waals surface area contributed by atoms with E-state index in [9.17, 15) is 0 Å². The smallest absolute Gasteiger partial charge is 0.136 e. The molecule has 0 unspecified atom stereocenters. The minimum absolute atomic E-state index is 0.516. The van der Waals surface area contributed by atoms with Crippen LogP contribution in [0.2, 0.25) is 0 Å². The fourth-order valence-corrected chi connectivity index (χ4v) is 6.14. The summed E-state index contributed by atoms with van der Waals surface area (Å²) in [6.07, 6.45) is 0. The molecule has 1 aromatic heterocycles. The van der Waals surface area contributed by atoms with Crippen LogP contribution in [0, 0.1) is 5.41 Å². The zero-order valence-electron chi connectivity index (χ0n) is 22.3. The monoisotopic (exact) mass is 523 g/mol. The topological polar surface area (TPSA) is 37.0 Å². The van der Waals surface area contributed by atoms with Crippen molar-refractivity contribution in [2.24, 2.45) is 0 Å². The van der Waals surface area contributed by atoms with Gasteiger partial charge < -0.3 is 4.42 Å². The maximum atomic E-state index is 8.82. The molecule has 0 radical (unpaired) electrons. The summed E-state index contributed by atoms with van der Waals surface area (Å²) in [5, 5.41) is 16.0. The zero-order chi connectivity index (χ0) is 27.3. The normalized spacial score (nSPS) is 11.5. The molecule has 41 heavy (non-hydrogen) atoms. The van der Waals surface area contributed by atoms with E-state index in [4.69, 9.17) is 9.83 Å². The predicted octanol–water partition coefficient (Wildman–Crippen LogP) is 10.6. The number of rotatable bonds is 4. The van der Waals surface area contributed by atoms with E-state index in [0.717, 1.165) is 49.8 Å². The molecule has 1 heterocycles. The van der Waals surface area contributed by atoms with Crippen molar-refractivity contribution in [3.8, 4) is 22.3 Å². The summed E-state index contributed by atoms with van der Waals surface area (Å²) < 4.78 is 6.37. The molecule has 8 aromatic rings. The van der Waals surface area contributed by atoms with E-state index in [1.807, 2.05) is 54.6 Å². The van der Waals surface area contributed by atoms with Crippen molar-refractivity contribution in [1.82, 2.24) is 0 Å². The second-order valence-corrected chi connectivity index (χ2v) is 10.5. The SMILES string of the molecule is N=C(c1ccccc1)c1cccc(-c2cccc3oc4ccc(-c5cc6ccccc6c6ccccc56)cc4c23)c1. The van der Waals surface area contributed by atoms with Crippen LogP contribution in [0.5, 0.6) is 0 Å². The number of hydrogen-bond acceptors (Lipinski definition) is 2. The molecule has 0 fully saturated rings. The van der Waals surface area contributed by atoms with Crippen molar-refractivity contribution >= 4 is 49.2 Å². The summed E-state index contributed by atoms with van der Waals surface area (Å²) in [6.45, 7) is 0. The largest absolute Gasteiger partial charge is 0.456 e. The molecule has 2 nitrogen and oxygen atoms in total. The Morgan fingerprint density at radius 1 is 0.439 bits per heavy atom. The van der Waals surface area contributed by atoms with Gasteiger partial charge in [0, 0.05) is 16.3 Å². The Balaban J connectivity index is 1.33. The molecule has 0 aliphatic heterocycles. The van der Waals surface area contributed by atoms with Gasteiger partial charge >= 0.3 is 0 Å². The Morgan fingerprint density at radius 3 is 2.02 bits per heavy atom. The molecule has 8 rings (SSSR count). The third-order valence-electron chi connectivity index (χ3n) is 8.10. The molecule has 1 N–H and O–H groups in total. The summed E-state index contributed by atoms with van der Waals surface area (Å²) in [7, 11) is 0. The maximum Gasteiger partial charge on any atom is 0.136 e. The summed E-state index contributed by atoms with van der Waals surface area (Å²) in [5.74, 6) is 0. The number of nitrogens with one attached hydrogen (secondary N) is 1. The highest BCUT2D eigenvalue weighted by atomic mass is 16.3. The Bertz CT molecular complexity index is 2270. The third kappa shape index (κ3) is 3.84. The van der Waals surface area contributed by atoms with E-state index in [-0.39, 0.29) is 0 Å². The highest BCUT2D eigenvalue weighted by molar-refractivity contribution is 6.17. The summed E-state index contributed by atoms with van der Waals surface area (Å²) in [4.78, 5) is 0. The first-order valence-electron chi connectivity index (χ1n) is 13.9. The number of benzene rings is 7. The minimum Gasteiger partial charge on any atom is -0.456 e. The van der Waals surface area contributed by atoms with Gasteiger partial charge in [-0.3, -0.25) is 5.41 Å². The summed E-state index contributed by atoms with van der Waals surface area (Å²) >= 11 is 0. The molecule has 0 bridgehead atoms. The van der Waals surface area contributed by atoms with Crippen molar-refractivity contribution < 1.29 is 4.42 Å². The minimum atomic E-state index is 0.516. The average Bonchev–Trinajstić information content (AvgIpc) is 3.43. The Morgan fingerprint density at radius 2 is 1.15 bits per heavy atom. The van der Waals surface area contributed by atoms with Crippen molar-refractivity contribution in [3.63, 3.8) is 0 Å². The standard InChI is InChI=1S/C39H25NO/c40-39(25-10-2-1-3-11-25)29-14-8-13-26(22-29)31-18-9-19-37-38(31)35-24-28(20-21-36(35)41-37)34-23-27-12-4-5-15-30(27)32-16-6-7-17-33(32)34/h1-24,40H. The van der Waals surface area contributed by atoms with E-state index in [1.165, 1.54) is 27.1 Å². The molecule has 0 amide bonds. The highest BCUT2D eigenvalue weighted by Crippen LogP contribution is 2.41. The second kappa shape index (κ2) is 9.32. The van der Waals surface area contributed by atoms with E-state index in [1.54, 1.807) is 0 Å². The Hall–Kier alpha value is -5.47. The first kappa shape index (κ1) is 23.4. The lowest BCUT2D eigenvalue weighted by atomic mass is 9.92. The number of hydrogen-bond donors (Lipinski definition) is 1. The van der Waals surface area contributed by atoms with Crippen LogP contribution >= 0.6 is 0 Å². The number of fused-ring (bicyclic) bond motifs is 6. The first-order chi connectivity index (χ1) is 20.2.